The fourth-order valence-electron chi connectivity index (χ4n) is 2.62. The molecule has 0 radical (unpaired) electrons. The summed E-state index contributed by atoms with van der Waals surface area (Å²) in [6, 6.07) is 0. The molecule has 0 amide bonds. The monoisotopic (exact) mass is 341 g/mol. The van der Waals surface area contributed by atoms with E-state index >= 15 is 0 Å². The van der Waals surface area contributed by atoms with Gasteiger partial charge in [-0.1, -0.05) is 0 Å². The van der Waals surface area contributed by atoms with Crippen molar-refractivity contribution in [2.24, 2.45) is 5.73 Å². The molecule has 0 aliphatic carbocycles. The first kappa shape index (κ1) is 18.9. The van der Waals surface area contributed by atoms with E-state index < -0.39 is 74.6 Å². The smallest absolute Gasteiger partial charge is 0.187 e. The molecule has 2 fully saturated rings. The number of nitrogens with two attached hydrogens (primary N) is 1. The Hall–Kier alpha value is -0.440. The van der Waals surface area contributed by atoms with Gasteiger partial charge in [-0.05, 0) is 0 Å². The van der Waals surface area contributed by atoms with Crippen molar-refractivity contribution in [2.75, 3.05) is 13.2 Å². The van der Waals surface area contributed by atoms with E-state index in [2.05, 4.69) is 0 Å². The molecule has 7 unspecified atom stereocenters. The Kier molecular flexibility index (Phi) is 6.27. The Balaban J connectivity index is 2.11. The number of hydrogen-bond acceptors (Lipinski definition) is 11. The molecule has 0 aromatic heterocycles. The van der Waals surface area contributed by atoms with E-state index in [-0.39, 0.29) is 0 Å². The third-order valence-electron chi connectivity index (χ3n) is 4.04. The van der Waals surface area contributed by atoms with Gasteiger partial charge in [0.25, 0.3) is 0 Å². The van der Waals surface area contributed by atoms with E-state index in [0.29, 0.717) is 0 Å². The highest BCUT2D eigenvalue weighted by molar-refractivity contribution is 4.94. The first-order valence-electron chi connectivity index (χ1n) is 7.15. The fraction of sp³-hybridized carbons (Fsp3) is 1.00. The van der Waals surface area contributed by atoms with Crippen molar-refractivity contribution in [1.82, 2.24) is 0 Å². The van der Waals surface area contributed by atoms with Crippen LogP contribution in [-0.2, 0) is 14.2 Å². The van der Waals surface area contributed by atoms with Crippen molar-refractivity contribution >= 4 is 0 Å². The van der Waals surface area contributed by atoms with Gasteiger partial charge in [-0.15, -0.1) is 0 Å². The van der Waals surface area contributed by atoms with Crippen molar-refractivity contribution in [3.05, 3.63) is 0 Å². The average Bonchev–Trinajstić information content (AvgIpc) is 2.55. The Labute approximate surface area is 131 Å². The summed E-state index contributed by atoms with van der Waals surface area (Å²) in [5.41, 5.74) is 5.46. The van der Waals surface area contributed by atoms with Gasteiger partial charge in [-0.3, -0.25) is 0 Å². The summed E-state index contributed by atoms with van der Waals surface area (Å²) in [6.07, 6.45) is -14.4. The highest BCUT2D eigenvalue weighted by atomic mass is 16.7. The minimum atomic E-state index is -1.69. The molecule has 9 N–H and O–H groups in total. The minimum absolute atomic E-state index is 0.598. The van der Waals surface area contributed by atoms with Gasteiger partial charge < -0.3 is 55.7 Å². The van der Waals surface area contributed by atoms with Crippen molar-refractivity contribution in [1.29, 1.82) is 0 Å². The van der Waals surface area contributed by atoms with Gasteiger partial charge >= 0.3 is 0 Å². The summed E-state index contributed by atoms with van der Waals surface area (Å²) in [4.78, 5) is 0. The molecule has 0 spiro atoms. The second kappa shape index (κ2) is 7.63. The van der Waals surface area contributed by atoms with E-state index in [4.69, 9.17) is 25.1 Å². The fourth-order valence-corrected chi connectivity index (χ4v) is 2.62. The lowest BCUT2D eigenvalue weighted by Gasteiger charge is -2.45. The first-order chi connectivity index (χ1) is 10.8. The standard InChI is InChI=1S/C12H23NO10/c13-11-8(19)7(18)10(4(2-15)21-11)23-12-9(20)6(17)5(16)3(1-14)22-12/h3-12,14-20H,1-2,13H2/t3?,4?,5?,6?,7?,8?,9?,10-,11-,12+/m1/s1. The van der Waals surface area contributed by atoms with Gasteiger partial charge in [0.15, 0.2) is 6.29 Å². The molecule has 23 heavy (non-hydrogen) atoms. The molecular weight excluding hydrogens is 318 g/mol. The predicted octanol–water partition coefficient (Wildman–Crippen LogP) is -5.43. The molecule has 11 heteroatoms. The van der Waals surface area contributed by atoms with Crippen molar-refractivity contribution in [3.63, 3.8) is 0 Å². The molecule has 0 aromatic rings. The highest BCUT2D eigenvalue weighted by Gasteiger charge is 2.49. The lowest BCUT2D eigenvalue weighted by molar-refractivity contribution is -0.341. The Morgan fingerprint density at radius 3 is 1.91 bits per heavy atom. The lowest BCUT2D eigenvalue weighted by Crippen LogP contribution is -2.65. The SMILES string of the molecule is N[C@@H]1OC(CO)[C@@H](O[C@@H]2OC(CO)C(O)C(O)C2O)C(O)C1O. The van der Waals surface area contributed by atoms with Crippen LogP contribution in [0.1, 0.15) is 0 Å². The summed E-state index contributed by atoms with van der Waals surface area (Å²) in [6.45, 7) is -1.25. The summed E-state index contributed by atoms with van der Waals surface area (Å²) in [5.74, 6) is 0. The van der Waals surface area contributed by atoms with E-state index in [1.165, 1.54) is 0 Å². The topological polar surface area (TPSA) is 195 Å². The van der Waals surface area contributed by atoms with Crippen LogP contribution in [0.15, 0.2) is 0 Å². The Morgan fingerprint density at radius 2 is 1.35 bits per heavy atom. The molecule has 2 rings (SSSR count). The highest BCUT2D eigenvalue weighted by Crippen LogP contribution is 2.28. The van der Waals surface area contributed by atoms with Gasteiger partial charge in [-0.25, -0.2) is 0 Å². The number of rotatable bonds is 4. The van der Waals surface area contributed by atoms with Crippen LogP contribution in [0.25, 0.3) is 0 Å². The lowest BCUT2D eigenvalue weighted by atomic mass is 9.96. The Bertz CT molecular complexity index is 383. The second-order valence-corrected chi connectivity index (χ2v) is 5.60. The van der Waals surface area contributed by atoms with Crippen LogP contribution < -0.4 is 5.73 Å². The normalized spacial score (nSPS) is 51.7. The molecule has 2 aliphatic rings. The van der Waals surface area contributed by atoms with Gasteiger partial charge in [0.2, 0.25) is 0 Å². The first-order valence-corrected chi connectivity index (χ1v) is 7.15. The van der Waals surface area contributed by atoms with Gasteiger partial charge in [0.05, 0.1) is 13.2 Å². The van der Waals surface area contributed by atoms with E-state index in [1.54, 1.807) is 0 Å². The molecule has 0 saturated carbocycles. The number of hydrogen-bond donors (Lipinski definition) is 8. The summed E-state index contributed by atoms with van der Waals surface area (Å²) in [7, 11) is 0. The molecule has 0 bridgehead atoms. The zero-order chi connectivity index (χ0) is 17.3. The third kappa shape index (κ3) is 3.65. The largest absolute Gasteiger partial charge is 0.394 e. The summed E-state index contributed by atoms with van der Waals surface area (Å²) < 4.78 is 15.6. The van der Waals surface area contributed by atoms with Crippen LogP contribution in [0.2, 0.25) is 0 Å². The molecule has 2 saturated heterocycles. The van der Waals surface area contributed by atoms with Crippen molar-refractivity contribution in [3.8, 4) is 0 Å². The minimum Gasteiger partial charge on any atom is -0.394 e. The maximum absolute atomic E-state index is 10.0. The zero-order valence-electron chi connectivity index (χ0n) is 12.1. The quantitative estimate of drug-likeness (QED) is 0.243. The van der Waals surface area contributed by atoms with Crippen LogP contribution in [0.4, 0.5) is 0 Å². The maximum Gasteiger partial charge on any atom is 0.187 e. The molecule has 0 aromatic carbocycles. The van der Waals surface area contributed by atoms with Crippen LogP contribution in [0.5, 0.6) is 0 Å². The van der Waals surface area contributed by atoms with Gasteiger partial charge in [-0.2, -0.15) is 0 Å². The van der Waals surface area contributed by atoms with Crippen molar-refractivity contribution in [2.45, 2.75) is 61.3 Å². The predicted molar refractivity (Wildman–Crippen MR) is 70.6 cm³/mol. The van der Waals surface area contributed by atoms with E-state index in [0.717, 1.165) is 0 Å². The molecular formula is C12H23NO10. The number of aliphatic hydroxyl groups excluding tert-OH is 7. The van der Waals surface area contributed by atoms with E-state index in [1.807, 2.05) is 0 Å². The molecule has 10 atom stereocenters. The van der Waals surface area contributed by atoms with Crippen LogP contribution in [-0.4, -0.2) is 110 Å². The molecule has 11 nitrogen and oxygen atoms in total. The molecule has 2 aliphatic heterocycles. The molecule has 136 valence electrons. The number of ether oxygens (including phenoxy) is 3. The van der Waals surface area contributed by atoms with Crippen molar-refractivity contribution < 1.29 is 50.0 Å². The van der Waals surface area contributed by atoms with Gasteiger partial charge in [0, 0.05) is 0 Å². The maximum atomic E-state index is 10.0. The summed E-state index contributed by atoms with van der Waals surface area (Å²) >= 11 is 0. The zero-order valence-corrected chi connectivity index (χ0v) is 12.1. The average molecular weight is 341 g/mol. The summed E-state index contributed by atoms with van der Waals surface area (Å²) in [5, 5.41) is 67.4. The third-order valence-corrected chi connectivity index (χ3v) is 4.04. The van der Waals surface area contributed by atoms with Crippen LogP contribution in [0.3, 0.4) is 0 Å². The molecule has 2 heterocycles. The second-order valence-electron chi connectivity index (χ2n) is 5.60. The van der Waals surface area contributed by atoms with E-state index in [9.17, 15) is 30.6 Å². The van der Waals surface area contributed by atoms with Crippen LogP contribution in [0, 0.1) is 0 Å². The van der Waals surface area contributed by atoms with Gasteiger partial charge in [0.1, 0.15) is 55.1 Å². The number of aliphatic hydroxyl groups is 7. The Morgan fingerprint density at radius 1 is 0.739 bits per heavy atom. The van der Waals surface area contributed by atoms with Crippen LogP contribution >= 0.6 is 0 Å².